The van der Waals surface area contributed by atoms with E-state index < -0.39 is 6.04 Å². The summed E-state index contributed by atoms with van der Waals surface area (Å²) in [6.07, 6.45) is 4.30. The predicted molar refractivity (Wildman–Crippen MR) is 131 cm³/mol. The zero-order valence-electron chi connectivity index (χ0n) is 19.4. The van der Waals surface area contributed by atoms with Crippen molar-refractivity contribution in [1.29, 1.82) is 0 Å². The molecule has 1 unspecified atom stereocenters. The zero-order chi connectivity index (χ0) is 23.2. The number of amides is 2. The first-order valence-corrected chi connectivity index (χ1v) is 11.8. The Bertz CT molecular complexity index is 1120. The summed E-state index contributed by atoms with van der Waals surface area (Å²) >= 11 is 0. The van der Waals surface area contributed by atoms with Gasteiger partial charge in [0.25, 0.3) is 5.91 Å². The highest BCUT2D eigenvalue weighted by Crippen LogP contribution is 2.25. The first-order chi connectivity index (χ1) is 16.0. The van der Waals surface area contributed by atoms with E-state index in [1.807, 2.05) is 73.7 Å². The molecule has 0 saturated heterocycles. The molecule has 172 valence electrons. The van der Waals surface area contributed by atoms with Gasteiger partial charge in [0, 0.05) is 18.0 Å². The number of carbonyl (C=O) groups excluding carboxylic acids is 2. The van der Waals surface area contributed by atoms with Crippen molar-refractivity contribution in [3.05, 3.63) is 77.9 Å². The molecule has 5 nitrogen and oxygen atoms in total. The molecule has 2 amide bonds. The molecule has 5 heteroatoms. The maximum absolute atomic E-state index is 13.4. The normalized spacial score (nSPS) is 14.7. The van der Waals surface area contributed by atoms with Crippen molar-refractivity contribution in [3.63, 3.8) is 0 Å². The lowest BCUT2D eigenvalue weighted by atomic mass is 10.1. The molecule has 0 aliphatic heterocycles. The van der Waals surface area contributed by atoms with Crippen molar-refractivity contribution in [2.45, 2.75) is 58.2 Å². The van der Waals surface area contributed by atoms with Crippen LogP contribution in [0.15, 0.2) is 66.7 Å². The van der Waals surface area contributed by atoms with Crippen molar-refractivity contribution in [1.82, 2.24) is 10.2 Å². The lowest BCUT2D eigenvalue weighted by Gasteiger charge is -2.30. The second-order valence-corrected chi connectivity index (χ2v) is 8.88. The summed E-state index contributed by atoms with van der Waals surface area (Å²) < 4.78 is 5.97. The Morgan fingerprint density at radius 1 is 1.00 bits per heavy atom. The van der Waals surface area contributed by atoms with Gasteiger partial charge in [0.05, 0.1) is 0 Å². The third kappa shape index (κ3) is 5.54. The minimum Gasteiger partial charge on any atom is -0.483 e. The second kappa shape index (κ2) is 10.5. The fourth-order valence-corrected chi connectivity index (χ4v) is 4.49. The standard InChI is InChI=1S/C28H32N2O3/c1-20-10-3-4-12-23(20)18-30(21(2)28(32)29-24-14-6-7-15-24)27(31)19-33-26-17-9-13-22-11-5-8-16-25(22)26/h3-5,8-13,16-17,21,24H,6-7,14-15,18-19H2,1-2H3,(H,29,32). The average molecular weight is 445 g/mol. The number of carbonyl (C=O) groups is 2. The number of hydrogen-bond acceptors (Lipinski definition) is 3. The molecule has 0 heterocycles. The van der Waals surface area contributed by atoms with Crippen molar-refractivity contribution < 1.29 is 14.3 Å². The molecule has 0 radical (unpaired) electrons. The van der Waals surface area contributed by atoms with Gasteiger partial charge in [-0.15, -0.1) is 0 Å². The Labute approximate surface area is 195 Å². The van der Waals surface area contributed by atoms with Crippen molar-refractivity contribution in [2.24, 2.45) is 0 Å². The molecular formula is C28H32N2O3. The minimum absolute atomic E-state index is 0.103. The molecule has 0 aromatic heterocycles. The molecule has 1 N–H and O–H groups in total. The van der Waals surface area contributed by atoms with Crippen LogP contribution in [0.25, 0.3) is 10.8 Å². The third-order valence-electron chi connectivity index (χ3n) is 6.57. The molecule has 1 aliphatic rings. The molecule has 1 saturated carbocycles. The van der Waals surface area contributed by atoms with E-state index in [1.165, 1.54) is 0 Å². The Kier molecular flexibility index (Phi) is 7.28. The van der Waals surface area contributed by atoms with E-state index in [9.17, 15) is 9.59 Å². The minimum atomic E-state index is -0.589. The summed E-state index contributed by atoms with van der Waals surface area (Å²) in [5, 5.41) is 5.16. The Balaban J connectivity index is 1.51. The fourth-order valence-electron chi connectivity index (χ4n) is 4.49. The summed E-state index contributed by atoms with van der Waals surface area (Å²) in [4.78, 5) is 28.0. The maximum Gasteiger partial charge on any atom is 0.261 e. The van der Waals surface area contributed by atoms with E-state index >= 15 is 0 Å². The van der Waals surface area contributed by atoms with Crippen LogP contribution in [-0.2, 0) is 16.1 Å². The number of fused-ring (bicyclic) bond motifs is 1. The van der Waals surface area contributed by atoms with E-state index in [1.54, 1.807) is 11.8 Å². The summed E-state index contributed by atoms with van der Waals surface area (Å²) in [5.41, 5.74) is 2.12. The molecule has 4 rings (SSSR count). The number of nitrogens with zero attached hydrogens (tertiary/aromatic N) is 1. The first kappa shape index (κ1) is 22.8. The lowest BCUT2D eigenvalue weighted by molar-refractivity contribution is -0.142. The van der Waals surface area contributed by atoms with Gasteiger partial charge >= 0.3 is 0 Å². The molecule has 1 atom stereocenters. The molecule has 0 bridgehead atoms. The topological polar surface area (TPSA) is 58.6 Å². The summed E-state index contributed by atoms with van der Waals surface area (Å²) in [6, 6.07) is 21.3. The summed E-state index contributed by atoms with van der Waals surface area (Å²) in [5.74, 6) is 0.356. The van der Waals surface area contributed by atoms with Crippen molar-refractivity contribution in [3.8, 4) is 5.75 Å². The Morgan fingerprint density at radius 3 is 2.48 bits per heavy atom. The van der Waals surface area contributed by atoms with E-state index in [2.05, 4.69) is 5.32 Å². The third-order valence-corrected chi connectivity index (χ3v) is 6.57. The quantitative estimate of drug-likeness (QED) is 0.532. The van der Waals surface area contributed by atoms with Crippen molar-refractivity contribution >= 4 is 22.6 Å². The summed E-state index contributed by atoms with van der Waals surface area (Å²) in [6.45, 7) is 4.07. The molecule has 1 aliphatic carbocycles. The van der Waals surface area contributed by atoms with Gasteiger partial charge in [-0.25, -0.2) is 0 Å². The largest absolute Gasteiger partial charge is 0.483 e. The first-order valence-electron chi connectivity index (χ1n) is 11.8. The SMILES string of the molecule is Cc1ccccc1CN(C(=O)COc1cccc2ccccc12)C(C)C(=O)NC1CCCC1. The van der Waals surface area contributed by atoms with Gasteiger partial charge in [-0.3, -0.25) is 9.59 Å². The van der Waals surface area contributed by atoms with Gasteiger partial charge in [-0.05, 0) is 49.3 Å². The van der Waals surface area contributed by atoms with Crippen LogP contribution >= 0.6 is 0 Å². The maximum atomic E-state index is 13.4. The fraction of sp³-hybridized carbons (Fsp3) is 0.357. The van der Waals surface area contributed by atoms with E-state index in [4.69, 9.17) is 4.74 Å². The van der Waals surface area contributed by atoms with Gasteiger partial charge < -0.3 is 15.0 Å². The number of benzene rings is 3. The number of rotatable bonds is 8. The van der Waals surface area contributed by atoms with Gasteiger partial charge in [0.2, 0.25) is 5.91 Å². The van der Waals surface area contributed by atoms with Crippen LogP contribution in [0.2, 0.25) is 0 Å². The van der Waals surface area contributed by atoms with Crippen LogP contribution in [0.1, 0.15) is 43.7 Å². The summed E-state index contributed by atoms with van der Waals surface area (Å²) in [7, 11) is 0. The predicted octanol–water partition coefficient (Wildman–Crippen LogP) is 5.00. The molecule has 3 aromatic carbocycles. The lowest BCUT2D eigenvalue weighted by Crippen LogP contribution is -2.50. The van der Waals surface area contributed by atoms with Crippen molar-refractivity contribution in [2.75, 3.05) is 6.61 Å². The highest BCUT2D eigenvalue weighted by molar-refractivity contribution is 5.90. The number of nitrogens with one attached hydrogen (secondary N) is 1. The highest BCUT2D eigenvalue weighted by Gasteiger charge is 2.29. The highest BCUT2D eigenvalue weighted by atomic mass is 16.5. The zero-order valence-corrected chi connectivity index (χ0v) is 19.4. The van der Waals surface area contributed by atoms with Crippen LogP contribution in [0.4, 0.5) is 0 Å². The smallest absolute Gasteiger partial charge is 0.261 e. The van der Waals surface area contributed by atoms with Gasteiger partial charge in [0.15, 0.2) is 6.61 Å². The van der Waals surface area contributed by atoms with E-state index in [0.29, 0.717) is 12.3 Å². The van der Waals surface area contributed by atoms with Crippen LogP contribution in [0.5, 0.6) is 5.75 Å². The van der Waals surface area contributed by atoms with Crippen LogP contribution < -0.4 is 10.1 Å². The van der Waals surface area contributed by atoms with Gasteiger partial charge in [-0.2, -0.15) is 0 Å². The van der Waals surface area contributed by atoms with Gasteiger partial charge in [0.1, 0.15) is 11.8 Å². The molecule has 1 fully saturated rings. The molecular weight excluding hydrogens is 412 g/mol. The molecule has 0 spiro atoms. The van der Waals surface area contributed by atoms with Crippen LogP contribution in [-0.4, -0.2) is 35.4 Å². The van der Waals surface area contributed by atoms with Gasteiger partial charge in [-0.1, -0.05) is 73.5 Å². The van der Waals surface area contributed by atoms with Crippen LogP contribution in [0, 0.1) is 6.92 Å². The van der Waals surface area contributed by atoms with E-state index in [0.717, 1.165) is 47.6 Å². The molecule has 3 aromatic rings. The molecule has 33 heavy (non-hydrogen) atoms. The number of aryl methyl sites for hydroxylation is 1. The monoisotopic (exact) mass is 444 g/mol. The van der Waals surface area contributed by atoms with Crippen LogP contribution in [0.3, 0.4) is 0 Å². The average Bonchev–Trinajstić information content (AvgIpc) is 3.34. The van der Waals surface area contributed by atoms with E-state index in [-0.39, 0.29) is 24.5 Å². The number of hydrogen-bond donors (Lipinski definition) is 1. The Morgan fingerprint density at radius 2 is 1.70 bits per heavy atom. The number of ether oxygens (including phenoxy) is 1. The Hall–Kier alpha value is -3.34. The second-order valence-electron chi connectivity index (χ2n) is 8.88.